The van der Waals surface area contributed by atoms with E-state index in [-0.39, 0.29) is 5.92 Å². The van der Waals surface area contributed by atoms with Gasteiger partial charge in [0, 0.05) is 10.4 Å². The van der Waals surface area contributed by atoms with Crippen LogP contribution >= 0.6 is 15.9 Å². The van der Waals surface area contributed by atoms with Gasteiger partial charge >= 0.3 is 0 Å². The molecule has 0 radical (unpaired) electrons. The van der Waals surface area contributed by atoms with E-state index in [9.17, 15) is 0 Å². The number of rotatable bonds is 5. The van der Waals surface area contributed by atoms with Gasteiger partial charge in [-0.2, -0.15) is 0 Å². The van der Waals surface area contributed by atoms with Crippen molar-refractivity contribution in [1.29, 1.82) is 0 Å². The lowest BCUT2D eigenvalue weighted by molar-refractivity contribution is 0.557. The Morgan fingerprint density at radius 3 is 1.07 bits per heavy atom. The second-order valence-electron chi connectivity index (χ2n) is 22.3. The van der Waals surface area contributed by atoms with E-state index in [0.717, 1.165) is 10.0 Å². The molecule has 1 unspecified atom stereocenters. The molecule has 0 saturated heterocycles. The molecule has 13 aromatic carbocycles. The monoisotopic (exact) mass is 1090 g/mol. The molecule has 4 aliphatic rings. The van der Waals surface area contributed by atoms with Gasteiger partial charge in [-0.3, -0.25) is 0 Å². The average molecular weight is 1090 g/mol. The Bertz CT molecular complexity index is 4660. The highest BCUT2D eigenvalue weighted by Crippen LogP contribution is 2.60. The van der Waals surface area contributed by atoms with Crippen LogP contribution in [0.15, 0.2) is 301 Å². The molecular weight excluding hydrogens is 1040 g/mol. The number of hydrogen-bond acceptors (Lipinski definition) is 0. The minimum absolute atomic E-state index is 0.132. The lowest BCUT2D eigenvalue weighted by atomic mass is 9.66. The topological polar surface area (TPSA) is 0 Å². The fourth-order valence-electron chi connectivity index (χ4n) is 14.7. The number of fused-ring (bicyclic) bond motifs is 21. The molecule has 0 saturated carbocycles. The summed E-state index contributed by atoms with van der Waals surface area (Å²) in [4.78, 5) is 0. The summed E-state index contributed by atoms with van der Waals surface area (Å²) in [5, 5.41) is 15.1. The van der Waals surface area contributed by atoms with Gasteiger partial charge in [0.2, 0.25) is 0 Å². The molecule has 17 rings (SSSR count). The molecule has 376 valence electrons. The van der Waals surface area contributed by atoms with Crippen LogP contribution in [0.4, 0.5) is 0 Å². The van der Waals surface area contributed by atoms with Crippen LogP contribution in [-0.2, 0) is 5.41 Å². The van der Waals surface area contributed by atoms with Gasteiger partial charge in [-0.05, 0) is 184 Å². The highest BCUT2D eigenvalue weighted by molar-refractivity contribution is 9.10. The largest absolute Gasteiger partial charge is 0.0760 e. The number of hydrogen-bond donors (Lipinski definition) is 0. The molecule has 0 aromatic heterocycles. The van der Waals surface area contributed by atoms with Gasteiger partial charge in [-0.25, -0.2) is 0 Å². The third-order valence-corrected chi connectivity index (χ3v) is 18.7. The standard InChI is InChI=1S/C80H49Br/c81-59-37-29-50(30-38-59)57-21-1-8-22-58(47-57)80(72-43-35-55-19-6-13-27-64(55)78(72)79-65-28-14-7-20-56(65)36-44-73(79)80)48-49(45-70-66-39-31-51-15-2-9-23-60(51)74(66)75-61-24-10-3-16-52(61)32-40-67(70)75)46-71-68-41-33-53-17-4-11-25-62(53)76(68)77-63-26-12-5-18-54(63)34-42-69(71)77/h1-48,58H. The molecule has 0 nitrogen and oxygen atoms in total. The summed E-state index contributed by atoms with van der Waals surface area (Å²) in [5.74, 6) is -0.132. The Kier molecular flexibility index (Phi) is 10.2. The maximum Gasteiger partial charge on any atom is 0.0500 e. The predicted octanol–water partition coefficient (Wildman–Crippen LogP) is 21.6. The highest BCUT2D eigenvalue weighted by Gasteiger charge is 2.48. The molecule has 0 aliphatic heterocycles. The fourth-order valence-corrected chi connectivity index (χ4v) is 14.9. The molecule has 0 amide bonds. The summed E-state index contributed by atoms with van der Waals surface area (Å²) in [6, 6.07) is 91.2. The third-order valence-electron chi connectivity index (χ3n) is 18.2. The van der Waals surface area contributed by atoms with E-state index in [1.807, 2.05) is 0 Å². The second-order valence-corrected chi connectivity index (χ2v) is 23.2. The lowest BCUT2D eigenvalue weighted by Gasteiger charge is -2.36. The Morgan fingerprint density at radius 2 is 0.691 bits per heavy atom. The van der Waals surface area contributed by atoms with Gasteiger partial charge in [0.05, 0.1) is 5.41 Å². The number of benzene rings is 13. The summed E-state index contributed by atoms with van der Waals surface area (Å²) < 4.78 is 1.06. The smallest absolute Gasteiger partial charge is 0.0500 e. The van der Waals surface area contributed by atoms with Gasteiger partial charge in [0.15, 0.2) is 0 Å². The molecule has 0 N–H and O–H groups in total. The zero-order chi connectivity index (χ0) is 53.3. The molecule has 13 aromatic rings. The van der Waals surface area contributed by atoms with Crippen molar-refractivity contribution in [3.63, 3.8) is 0 Å². The summed E-state index contributed by atoms with van der Waals surface area (Å²) in [5.41, 5.74) is 20.7. The van der Waals surface area contributed by atoms with Gasteiger partial charge in [-0.15, -0.1) is 0 Å². The predicted molar refractivity (Wildman–Crippen MR) is 348 cm³/mol. The molecule has 0 bridgehead atoms. The Labute approximate surface area is 479 Å². The maximum absolute atomic E-state index is 3.75. The van der Waals surface area contributed by atoms with Gasteiger partial charge in [0.25, 0.3) is 0 Å². The van der Waals surface area contributed by atoms with E-state index in [0.29, 0.717) is 0 Å². The first-order chi connectivity index (χ1) is 40.1. The first-order valence-corrected chi connectivity index (χ1v) is 29.0. The summed E-state index contributed by atoms with van der Waals surface area (Å²) in [6.45, 7) is 0. The zero-order valence-corrected chi connectivity index (χ0v) is 45.8. The normalized spacial score (nSPS) is 15.1. The van der Waals surface area contributed by atoms with Crippen molar-refractivity contribution in [2.75, 3.05) is 0 Å². The second kappa shape index (κ2) is 17.9. The van der Waals surface area contributed by atoms with E-state index in [1.54, 1.807) is 0 Å². The maximum atomic E-state index is 3.75. The van der Waals surface area contributed by atoms with Crippen molar-refractivity contribution in [2.45, 2.75) is 5.41 Å². The molecular formula is C80H49Br. The molecule has 0 fully saturated rings. The van der Waals surface area contributed by atoms with E-state index >= 15 is 0 Å². The van der Waals surface area contributed by atoms with Crippen molar-refractivity contribution < 1.29 is 0 Å². The van der Waals surface area contributed by atoms with Gasteiger partial charge in [0.1, 0.15) is 0 Å². The quantitative estimate of drug-likeness (QED) is 0.161. The zero-order valence-electron chi connectivity index (χ0n) is 44.2. The van der Waals surface area contributed by atoms with Crippen molar-refractivity contribution in [3.8, 4) is 33.4 Å². The van der Waals surface area contributed by atoms with Crippen LogP contribution < -0.4 is 0 Å². The van der Waals surface area contributed by atoms with Crippen molar-refractivity contribution in [2.24, 2.45) is 5.92 Å². The van der Waals surface area contributed by atoms with E-state index < -0.39 is 5.41 Å². The SMILES string of the molecule is Brc1ccc(C2=CC(C3(C=C(C=C4c5ccc6ccccc6c5-c5c4ccc4ccccc54)C=C4c5ccc6ccccc6c5-c5c4ccc4ccccc54)c4ccc5ccccc5c4-c4c3ccc3ccccc43)C=CC=C2)cc1. The Hall–Kier alpha value is -9.66. The molecule has 0 heterocycles. The number of allylic oxidation sites excluding steroid dienone is 10. The average Bonchev–Trinajstić information content (AvgIpc) is 2.74. The van der Waals surface area contributed by atoms with Gasteiger partial charge < -0.3 is 0 Å². The lowest BCUT2D eigenvalue weighted by Crippen LogP contribution is -2.31. The van der Waals surface area contributed by atoms with E-state index in [4.69, 9.17) is 0 Å². The summed E-state index contributed by atoms with van der Waals surface area (Å²) >= 11 is 3.75. The van der Waals surface area contributed by atoms with E-state index in [2.05, 4.69) is 307 Å². The Morgan fingerprint density at radius 1 is 0.346 bits per heavy atom. The minimum atomic E-state index is -0.723. The van der Waals surface area contributed by atoms with Crippen LogP contribution in [0.25, 0.3) is 115 Å². The molecule has 1 heteroatoms. The van der Waals surface area contributed by atoms with Crippen molar-refractivity contribution in [1.82, 2.24) is 0 Å². The minimum Gasteiger partial charge on any atom is -0.0760 e. The first kappa shape index (κ1) is 46.3. The van der Waals surface area contributed by atoms with Crippen molar-refractivity contribution >= 4 is 97.3 Å². The fraction of sp³-hybridized carbons (Fsp3) is 0.0250. The summed E-state index contributed by atoms with van der Waals surface area (Å²) in [7, 11) is 0. The first-order valence-electron chi connectivity index (χ1n) is 28.2. The number of halogens is 1. The summed E-state index contributed by atoms with van der Waals surface area (Å²) in [6.07, 6.45) is 19.7. The third kappa shape index (κ3) is 6.89. The van der Waals surface area contributed by atoms with Gasteiger partial charge in [-0.1, -0.05) is 283 Å². The molecule has 81 heavy (non-hydrogen) atoms. The van der Waals surface area contributed by atoms with E-state index in [1.165, 1.54) is 154 Å². The Balaban J connectivity index is 1.05. The van der Waals surface area contributed by atoms with Crippen LogP contribution in [0.2, 0.25) is 0 Å². The van der Waals surface area contributed by atoms with Crippen LogP contribution in [-0.4, -0.2) is 0 Å². The van der Waals surface area contributed by atoms with Crippen LogP contribution in [0.3, 0.4) is 0 Å². The van der Waals surface area contributed by atoms with Crippen LogP contribution in [0.5, 0.6) is 0 Å². The van der Waals surface area contributed by atoms with Crippen molar-refractivity contribution in [3.05, 3.63) is 340 Å². The molecule has 0 spiro atoms. The molecule has 4 aliphatic carbocycles. The van der Waals surface area contributed by atoms with Crippen LogP contribution in [0, 0.1) is 5.92 Å². The van der Waals surface area contributed by atoms with Crippen LogP contribution in [0.1, 0.15) is 38.9 Å². The molecule has 1 atom stereocenters. The highest BCUT2D eigenvalue weighted by atomic mass is 79.9.